The average molecular weight is 156 g/mol. The molecule has 0 aliphatic carbocycles. The third kappa shape index (κ3) is 17.6. The van der Waals surface area contributed by atoms with Crippen molar-refractivity contribution in [2.24, 2.45) is 0 Å². The highest BCUT2D eigenvalue weighted by Gasteiger charge is 1.58. The molecular weight excluding hydrogens is 140 g/mol. The Morgan fingerprint density at radius 1 is 1.00 bits per heavy atom. The molecule has 1 heterocycles. The molecule has 1 aromatic rings. The molecule has 0 unspecified atom stereocenters. The summed E-state index contributed by atoms with van der Waals surface area (Å²) in [6, 6.07) is 5.72. The maximum atomic E-state index is 9.50. The van der Waals surface area contributed by atoms with Crippen LogP contribution in [0, 0.1) is 0 Å². The highest BCUT2D eigenvalue weighted by Crippen LogP contribution is 1.73. The van der Waals surface area contributed by atoms with Crippen LogP contribution in [0.3, 0.4) is 0 Å². The Morgan fingerprint density at radius 2 is 1.36 bits per heavy atom. The standard InChI is InChI=1S/C5H5N.C3H8.CH3F/c1-2-4-6-5-3-1;1-3-2;1-2/h1-5H;3H2,1-2H3;1H3/i;;2-1. The Balaban J connectivity index is 0. The average Bonchev–Trinajstić information content (AvgIpc) is 2.12. The molecule has 1 aromatic heterocycles. The summed E-state index contributed by atoms with van der Waals surface area (Å²) in [6.45, 7) is 4.25. The molecule has 0 aliphatic rings. The molecule has 1 rings (SSSR count). The molecule has 0 aliphatic heterocycles. The maximum Gasteiger partial charge on any atom is 0.0785 e. The summed E-state index contributed by atoms with van der Waals surface area (Å²) in [4.78, 5) is 3.78. The molecule has 0 atom stereocenters. The first-order valence-corrected chi connectivity index (χ1v) is 3.64. The lowest BCUT2D eigenvalue weighted by atomic mass is 10.5. The van der Waals surface area contributed by atoms with Crippen LogP contribution in [0.25, 0.3) is 0 Å². The molecule has 2 heteroatoms. The van der Waals surface area contributed by atoms with E-state index in [-0.39, 0.29) is 0 Å². The van der Waals surface area contributed by atoms with Gasteiger partial charge in [-0.1, -0.05) is 26.3 Å². The largest absolute Gasteiger partial charge is 0.265 e. The zero-order chi connectivity index (χ0) is 8.95. The zero-order valence-corrected chi connectivity index (χ0v) is 7.42. The third-order valence-corrected chi connectivity index (χ3v) is 0.566. The van der Waals surface area contributed by atoms with Gasteiger partial charge in [0, 0.05) is 12.4 Å². The van der Waals surface area contributed by atoms with Crippen LogP contribution < -0.4 is 0 Å². The zero-order valence-electron chi connectivity index (χ0n) is 7.42. The number of hydrogen-bond donors (Lipinski definition) is 0. The third-order valence-electron chi connectivity index (χ3n) is 0.566. The van der Waals surface area contributed by atoms with Gasteiger partial charge in [0.25, 0.3) is 0 Å². The highest BCUT2D eigenvalue weighted by molar-refractivity contribution is 4.88. The number of aromatic nitrogens is 1. The van der Waals surface area contributed by atoms with E-state index < -0.39 is 0 Å². The lowest BCUT2D eigenvalue weighted by molar-refractivity contribution is 0.636. The number of hydrogen-bond acceptors (Lipinski definition) is 1. The Kier molecular flexibility index (Phi) is 18.6. The van der Waals surface area contributed by atoms with Gasteiger partial charge in [-0.2, -0.15) is 0 Å². The number of rotatable bonds is 0. The second-order valence-electron chi connectivity index (χ2n) is 1.73. The van der Waals surface area contributed by atoms with Crippen molar-refractivity contribution in [1.82, 2.24) is 4.98 Å². The molecular formula is C9H16FN. The number of nitrogens with zero attached hydrogens (tertiary/aromatic N) is 1. The minimum Gasteiger partial charge on any atom is -0.265 e. The molecule has 11 heavy (non-hydrogen) atoms. The normalized spacial score (nSPS) is 6.55. The van der Waals surface area contributed by atoms with Crippen LogP contribution in [0.1, 0.15) is 20.3 Å². The lowest BCUT2D eigenvalue weighted by Crippen LogP contribution is -1.58. The van der Waals surface area contributed by atoms with Crippen LogP contribution in [0.15, 0.2) is 30.6 Å². The Bertz CT molecular complexity index is 92.4. The summed E-state index contributed by atoms with van der Waals surface area (Å²) >= 11 is 0. The van der Waals surface area contributed by atoms with Crippen LogP contribution >= 0.6 is 0 Å². The van der Waals surface area contributed by atoms with E-state index in [0.29, 0.717) is 7.18 Å². The fourth-order valence-corrected chi connectivity index (χ4v) is 0.313. The van der Waals surface area contributed by atoms with Crippen molar-refractivity contribution in [3.8, 4) is 0 Å². The smallest absolute Gasteiger partial charge is 0.0785 e. The van der Waals surface area contributed by atoms with E-state index in [1.54, 1.807) is 12.4 Å². The summed E-state index contributed by atoms with van der Waals surface area (Å²) in [6.07, 6.45) is 4.75. The molecule has 0 bridgehead atoms. The van der Waals surface area contributed by atoms with Gasteiger partial charge < -0.3 is 0 Å². The van der Waals surface area contributed by atoms with Gasteiger partial charge >= 0.3 is 0 Å². The van der Waals surface area contributed by atoms with Gasteiger partial charge in [-0.3, -0.25) is 9.37 Å². The summed E-state index contributed by atoms with van der Waals surface area (Å²) < 4.78 is 9.50. The van der Waals surface area contributed by atoms with Crippen LogP contribution in [-0.4, -0.2) is 12.2 Å². The maximum absolute atomic E-state index is 9.50. The second-order valence-corrected chi connectivity index (χ2v) is 1.73. The summed E-state index contributed by atoms with van der Waals surface area (Å²) in [5.74, 6) is 0. The van der Waals surface area contributed by atoms with Gasteiger partial charge in [-0.25, -0.2) is 0 Å². The van der Waals surface area contributed by atoms with Crippen molar-refractivity contribution in [3.05, 3.63) is 30.6 Å². The van der Waals surface area contributed by atoms with Crippen molar-refractivity contribution in [2.75, 3.05) is 7.18 Å². The highest BCUT2D eigenvalue weighted by atomic mass is 18.2. The minimum atomic E-state index is 0.500. The number of alkyl halides is 1. The quantitative estimate of drug-likeness (QED) is 0.562. The van der Waals surface area contributed by atoms with E-state index in [1.807, 2.05) is 18.2 Å². The topological polar surface area (TPSA) is 12.9 Å². The molecule has 0 saturated heterocycles. The van der Waals surface area contributed by atoms with Crippen molar-refractivity contribution in [3.63, 3.8) is 0 Å². The first-order valence-electron chi connectivity index (χ1n) is 3.64. The molecule has 0 aromatic carbocycles. The van der Waals surface area contributed by atoms with Gasteiger partial charge in [0.1, 0.15) is 0 Å². The SMILES string of the molecule is CCC.C[18F].c1ccncc1. The Labute approximate surface area is 68.3 Å². The number of pyridine rings is 1. The van der Waals surface area contributed by atoms with Gasteiger partial charge in [-0.05, 0) is 12.1 Å². The molecule has 0 spiro atoms. The monoisotopic (exact) mass is 156 g/mol. The molecule has 0 fully saturated rings. The van der Waals surface area contributed by atoms with E-state index in [0.717, 1.165) is 0 Å². The molecule has 0 radical (unpaired) electrons. The van der Waals surface area contributed by atoms with E-state index in [1.165, 1.54) is 6.42 Å². The van der Waals surface area contributed by atoms with Crippen LogP contribution in [-0.2, 0) is 0 Å². The summed E-state index contributed by atoms with van der Waals surface area (Å²) in [5, 5.41) is 0. The number of halogens is 1. The molecule has 0 amide bonds. The second kappa shape index (κ2) is 16.0. The van der Waals surface area contributed by atoms with Gasteiger partial charge in [0.2, 0.25) is 0 Å². The predicted octanol–water partition coefficient (Wildman–Crippen LogP) is 3.08. The van der Waals surface area contributed by atoms with E-state index in [4.69, 9.17) is 0 Å². The van der Waals surface area contributed by atoms with Crippen molar-refractivity contribution < 1.29 is 4.39 Å². The lowest BCUT2D eigenvalue weighted by Gasteiger charge is -1.70. The minimum absolute atomic E-state index is 0.500. The van der Waals surface area contributed by atoms with E-state index in [9.17, 15) is 4.39 Å². The van der Waals surface area contributed by atoms with E-state index >= 15 is 0 Å². The van der Waals surface area contributed by atoms with Crippen molar-refractivity contribution in [2.45, 2.75) is 20.3 Å². The summed E-state index contributed by atoms with van der Waals surface area (Å²) in [5.41, 5.74) is 0. The van der Waals surface area contributed by atoms with Crippen LogP contribution in [0.2, 0.25) is 0 Å². The fourth-order valence-electron chi connectivity index (χ4n) is 0.313. The molecule has 0 saturated carbocycles. The van der Waals surface area contributed by atoms with Gasteiger partial charge in [0.15, 0.2) is 0 Å². The van der Waals surface area contributed by atoms with Crippen LogP contribution in [0.4, 0.5) is 4.39 Å². The molecule has 0 N–H and O–H groups in total. The predicted molar refractivity (Wildman–Crippen MR) is 47.2 cm³/mol. The Morgan fingerprint density at radius 3 is 1.45 bits per heavy atom. The Hall–Kier alpha value is -0.920. The molecule has 1 nitrogen and oxygen atoms in total. The summed E-state index contributed by atoms with van der Waals surface area (Å²) in [7, 11) is 0.500. The van der Waals surface area contributed by atoms with Crippen LogP contribution in [0.5, 0.6) is 0 Å². The molecule has 64 valence electrons. The van der Waals surface area contributed by atoms with Gasteiger partial charge in [0.05, 0.1) is 7.18 Å². The van der Waals surface area contributed by atoms with Crippen molar-refractivity contribution >= 4 is 0 Å². The van der Waals surface area contributed by atoms with E-state index in [2.05, 4.69) is 18.8 Å². The van der Waals surface area contributed by atoms with Gasteiger partial charge in [-0.15, -0.1) is 0 Å². The first kappa shape index (κ1) is 12.7. The first-order chi connectivity index (χ1) is 5.41. The fraction of sp³-hybridized carbons (Fsp3) is 0.444. The van der Waals surface area contributed by atoms with Crippen molar-refractivity contribution in [1.29, 1.82) is 0 Å².